The van der Waals surface area contributed by atoms with E-state index in [2.05, 4.69) is 16.9 Å². The van der Waals surface area contributed by atoms with Crippen LogP contribution in [0, 0.1) is 16.0 Å². The van der Waals surface area contributed by atoms with Gasteiger partial charge >= 0.3 is 5.69 Å². The first-order valence-corrected chi connectivity index (χ1v) is 6.64. The Balaban J connectivity index is 2.49. The Bertz CT molecular complexity index is 519. The molecule has 1 atom stereocenters. The van der Waals surface area contributed by atoms with Crippen LogP contribution in [0.5, 0.6) is 0 Å². The van der Waals surface area contributed by atoms with Gasteiger partial charge in [-0.3, -0.25) is 10.1 Å². The normalized spacial score (nSPS) is 18.9. The van der Waals surface area contributed by atoms with E-state index in [0.717, 1.165) is 25.9 Å². The first-order chi connectivity index (χ1) is 9.40. The van der Waals surface area contributed by atoms with Crippen LogP contribution in [-0.2, 0) is 0 Å². The van der Waals surface area contributed by atoms with E-state index in [9.17, 15) is 10.1 Å². The third-order valence-electron chi connectivity index (χ3n) is 3.42. The van der Waals surface area contributed by atoms with Gasteiger partial charge in [0.2, 0.25) is 17.6 Å². The lowest BCUT2D eigenvalue weighted by molar-refractivity contribution is -0.383. The van der Waals surface area contributed by atoms with E-state index < -0.39 is 4.92 Å². The topological polar surface area (TPSA) is 101 Å². The molecule has 8 heteroatoms. The Morgan fingerprint density at radius 2 is 2.15 bits per heavy atom. The maximum atomic E-state index is 11.3. The fourth-order valence-corrected chi connectivity index (χ4v) is 2.43. The largest absolute Gasteiger partial charge is 0.378 e. The summed E-state index contributed by atoms with van der Waals surface area (Å²) in [6.45, 7) is 3.65. The molecule has 1 aromatic heterocycles. The number of hydrogen-bond donors (Lipinski definition) is 1. The van der Waals surface area contributed by atoms with E-state index in [0.29, 0.717) is 17.7 Å². The molecule has 0 saturated carbocycles. The first kappa shape index (κ1) is 14.3. The summed E-state index contributed by atoms with van der Waals surface area (Å²) in [5.74, 6) is 1.13. The summed E-state index contributed by atoms with van der Waals surface area (Å²) in [6.07, 6.45) is 2.13. The van der Waals surface area contributed by atoms with Crippen molar-refractivity contribution < 1.29 is 4.92 Å². The van der Waals surface area contributed by atoms with Crippen LogP contribution in [-0.4, -0.2) is 42.1 Å². The van der Waals surface area contributed by atoms with Crippen LogP contribution in [0.2, 0.25) is 0 Å². The number of nitrogens with zero attached hydrogens (tertiary/aromatic N) is 5. The third kappa shape index (κ3) is 2.73. The maximum absolute atomic E-state index is 11.3. The van der Waals surface area contributed by atoms with Crippen LogP contribution in [0.4, 0.5) is 23.3 Å². The third-order valence-corrected chi connectivity index (χ3v) is 3.42. The van der Waals surface area contributed by atoms with Gasteiger partial charge < -0.3 is 15.5 Å². The molecule has 1 fully saturated rings. The van der Waals surface area contributed by atoms with Crippen molar-refractivity contribution in [3.8, 4) is 0 Å². The molecule has 0 aliphatic carbocycles. The monoisotopic (exact) mass is 280 g/mol. The second kappa shape index (κ2) is 5.48. The highest BCUT2D eigenvalue weighted by Crippen LogP contribution is 2.34. The zero-order chi connectivity index (χ0) is 14.9. The molecule has 110 valence electrons. The number of anilines is 3. The molecule has 1 aliphatic heterocycles. The number of piperidine rings is 1. The molecule has 2 rings (SSSR count). The standard InChI is InChI=1S/C12H20N6O2/c1-8-5-4-6-17(7-8)11-9(18(19)20)10(13)14-12(15-11)16(2)3/h8H,4-7H2,1-3H3,(H2,13,14,15)/t8-/m1/s1. The van der Waals surface area contributed by atoms with Crippen molar-refractivity contribution >= 4 is 23.3 Å². The molecule has 20 heavy (non-hydrogen) atoms. The molecule has 0 aromatic carbocycles. The number of nitrogens with two attached hydrogens (primary N) is 1. The molecule has 0 bridgehead atoms. The van der Waals surface area contributed by atoms with Crippen molar-refractivity contribution in [3.05, 3.63) is 10.1 Å². The minimum Gasteiger partial charge on any atom is -0.378 e. The van der Waals surface area contributed by atoms with E-state index in [1.54, 1.807) is 19.0 Å². The van der Waals surface area contributed by atoms with Gasteiger partial charge in [0.25, 0.3) is 0 Å². The Labute approximate surface area is 117 Å². The molecule has 0 radical (unpaired) electrons. The van der Waals surface area contributed by atoms with Gasteiger partial charge in [-0.1, -0.05) is 6.92 Å². The van der Waals surface area contributed by atoms with Crippen LogP contribution in [0.1, 0.15) is 19.8 Å². The highest BCUT2D eigenvalue weighted by atomic mass is 16.6. The van der Waals surface area contributed by atoms with Gasteiger partial charge in [-0.25, -0.2) is 0 Å². The first-order valence-electron chi connectivity index (χ1n) is 6.64. The molecule has 0 amide bonds. The van der Waals surface area contributed by atoms with Crippen LogP contribution in [0.15, 0.2) is 0 Å². The van der Waals surface area contributed by atoms with Crippen LogP contribution in [0.3, 0.4) is 0 Å². The summed E-state index contributed by atoms with van der Waals surface area (Å²) < 4.78 is 0. The maximum Gasteiger partial charge on any atom is 0.353 e. The lowest BCUT2D eigenvalue weighted by Gasteiger charge is -2.31. The molecule has 2 heterocycles. The zero-order valence-corrected chi connectivity index (χ0v) is 12.0. The van der Waals surface area contributed by atoms with Crippen molar-refractivity contribution in [2.24, 2.45) is 5.92 Å². The summed E-state index contributed by atoms with van der Waals surface area (Å²) in [5.41, 5.74) is 5.57. The van der Waals surface area contributed by atoms with E-state index in [1.807, 2.05) is 4.90 Å². The van der Waals surface area contributed by atoms with Crippen molar-refractivity contribution in [1.82, 2.24) is 9.97 Å². The fourth-order valence-electron chi connectivity index (χ4n) is 2.43. The van der Waals surface area contributed by atoms with Gasteiger partial charge in [0.15, 0.2) is 0 Å². The van der Waals surface area contributed by atoms with Gasteiger partial charge in [0.1, 0.15) is 0 Å². The Morgan fingerprint density at radius 3 is 2.70 bits per heavy atom. The number of nitro groups is 1. The summed E-state index contributed by atoms with van der Waals surface area (Å²) in [7, 11) is 3.56. The number of nitrogen functional groups attached to an aromatic ring is 1. The van der Waals surface area contributed by atoms with E-state index in [-0.39, 0.29) is 11.5 Å². The number of hydrogen-bond acceptors (Lipinski definition) is 7. The average molecular weight is 280 g/mol. The molecular formula is C12H20N6O2. The van der Waals surface area contributed by atoms with Gasteiger partial charge in [0.05, 0.1) is 4.92 Å². The predicted octanol–water partition coefficient (Wildman–Crippen LogP) is 1.27. The molecule has 0 unspecified atom stereocenters. The second-order valence-electron chi connectivity index (χ2n) is 5.43. The summed E-state index contributed by atoms with van der Waals surface area (Å²) in [4.78, 5) is 22.7. The smallest absolute Gasteiger partial charge is 0.353 e. The Morgan fingerprint density at radius 1 is 1.45 bits per heavy atom. The highest BCUT2D eigenvalue weighted by molar-refractivity contribution is 5.71. The quantitative estimate of drug-likeness (QED) is 0.657. The number of rotatable bonds is 3. The van der Waals surface area contributed by atoms with E-state index in [1.165, 1.54) is 0 Å². The van der Waals surface area contributed by atoms with Crippen LogP contribution in [0.25, 0.3) is 0 Å². The molecular weight excluding hydrogens is 260 g/mol. The zero-order valence-electron chi connectivity index (χ0n) is 12.0. The van der Waals surface area contributed by atoms with Gasteiger partial charge in [-0.05, 0) is 18.8 Å². The predicted molar refractivity (Wildman–Crippen MR) is 78.0 cm³/mol. The van der Waals surface area contributed by atoms with Crippen molar-refractivity contribution in [3.63, 3.8) is 0 Å². The minimum absolute atomic E-state index is 0.0815. The van der Waals surface area contributed by atoms with Crippen molar-refractivity contribution in [2.75, 3.05) is 42.7 Å². The number of aromatic nitrogens is 2. The molecule has 8 nitrogen and oxygen atoms in total. The second-order valence-corrected chi connectivity index (χ2v) is 5.43. The molecule has 1 saturated heterocycles. The molecule has 1 aromatic rings. The van der Waals surface area contributed by atoms with Gasteiger partial charge in [0, 0.05) is 27.2 Å². The average Bonchev–Trinajstić information content (AvgIpc) is 2.37. The van der Waals surface area contributed by atoms with Crippen LogP contribution < -0.4 is 15.5 Å². The molecule has 1 aliphatic rings. The Kier molecular flexibility index (Phi) is 3.91. The van der Waals surface area contributed by atoms with Gasteiger partial charge in [-0.2, -0.15) is 9.97 Å². The fraction of sp³-hybridized carbons (Fsp3) is 0.667. The highest BCUT2D eigenvalue weighted by Gasteiger charge is 2.29. The molecule has 0 spiro atoms. The summed E-state index contributed by atoms with van der Waals surface area (Å²) >= 11 is 0. The van der Waals surface area contributed by atoms with Crippen molar-refractivity contribution in [1.29, 1.82) is 0 Å². The van der Waals surface area contributed by atoms with Crippen molar-refractivity contribution in [2.45, 2.75) is 19.8 Å². The SMILES string of the molecule is C[C@@H]1CCCN(c2nc(N(C)C)nc(N)c2[N+](=O)[O-])C1. The molecule has 2 N–H and O–H groups in total. The lowest BCUT2D eigenvalue weighted by atomic mass is 10.0. The van der Waals surface area contributed by atoms with Gasteiger partial charge in [-0.15, -0.1) is 0 Å². The summed E-state index contributed by atoms with van der Waals surface area (Å²) in [5, 5.41) is 11.3. The Hall–Kier alpha value is -2.12. The minimum atomic E-state index is -0.497. The van der Waals surface area contributed by atoms with Crippen LogP contribution >= 0.6 is 0 Å². The summed E-state index contributed by atoms with van der Waals surface area (Å²) in [6, 6.07) is 0. The lowest BCUT2D eigenvalue weighted by Crippen LogP contribution is -2.35. The van der Waals surface area contributed by atoms with E-state index in [4.69, 9.17) is 5.73 Å². The van der Waals surface area contributed by atoms with E-state index >= 15 is 0 Å².